The van der Waals surface area contributed by atoms with Crippen LogP contribution in [0.1, 0.15) is 30.4 Å². The third-order valence-electron chi connectivity index (χ3n) is 4.42. The first-order chi connectivity index (χ1) is 9.12. The van der Waals surface area contributed by atoms with Crippen LogP contribution in [-0.4, -0.2) is 16.7 Å². The lowest BCUT2D eigenvalue weighted by Crippen LogP contribution is -2.35. The number of aromatic amines is 1. The monoisotopic (exact) mass is 257 g/mol. The van der Waals surface area contributed by atoms with Crippen LogP contribution in [-0.2, 0) is 6.42 Å². The Kier molecular flexibility index (Phi) is 2.94. The van der Waals surface area contributed by atoms with Gasteiger partial charge in [-0.3, -0.25) is 4.79 Å². The Morgan fingerprint density at radius 3 is 2.74 bits per heavy atom. The van der Waals surface area contributed by atoms with Crippen molar-refractivity contribution < 1.29 is 5.11 Å². The molecule has 1 aromatic heterocycles. The van der Waals surface area contributed by atoms with Gasteiger partial charge in [0.05, 0.1) is 0 Å². The fraction of sp³-hybridized carbons (Fsp3) is 0.438. The number of aryl methyl sites for hydroxylation is 1. The molecule has 1 heterocycles. The molecule has 19 heavy (non-hydrogen) atoms. The van der Waals surface area contributed by atoms with E-state index in [1.807, 2.05) is 19.1 Å². The van der Waals surface area contributed by atoms with Crippen molar-refractivity contribution >= 4 is 10.9 Å². The number of nitrogens with one attached hydrogen (secondary N) is 1. The van der Waals surface area contributed by atoms with Gasteiger partial charge < -0.3 is 10.1 Å². The zero-order valence-corrected chi connectivity index (χ0v) is 11.2. The summed E-state index contributed by atoms with van der Waals surface area (Å²) in [6.07, 6.45) is 4.39. The summed E-state index contributed by atoms with van der Waals surface area (Å²) in [4.78, 5) is 14.4. The van der Waals surface area contributed by atoms with Crippen LogP contribution in [0.15, 0.2) is 29.1 Å². The molecule has 1 fully saturated rings. The first kappa shape index (κ1) is 12.4. The molecule has 0 amide bonds. The highest BCUT2D eigenvalue weighted by Crippen LogP contribution is 2.43. The van der Waals surface area contributed by atoms with E-state index in [1.54, 1.807) is 0 Å². The summed E-state index contributed by atoms with van der Waals surface area (Å²) in [6.45, 7) is 2.10. The fourth-order valence-corrected chi connectivity index (χ4v) is 2.98. The quantitative estimate of drug-likeness (QED) is 0.887. The predicted molar refractivity (Wildman–Crippen MR) is 76.4 cm³/mol. The van der Waals surface area contributed by atoms with Crippen molar-refractivity contribution in [1.82, 2.24) is 4.98 Å². The number of hydrogen-bond donors (Lipinski definition) is 2. The highest BCUT2D eigenvalue weighted by atomic mass is 16.3. The number of aliphatic hydroxyl groups is 1. The highest BCUT2D eigenvalue weighted by molar-refractivity contribution is 5.79. The Labute approximate surface area is 112 Å². The van der Waals surface area contributed by atoms with Crippen LogP contribution in [0.25, 0.3) is 10.9 Å². The smallest absolute Gasteiger partial charge is 0.251 e. The van der Waals surface area contributed by atoms with Crippen molar-refractivity contribution in [1.29, 1.82) is 0 Å². The standard InChI is InChI=1S/C16H19NO2/c1-11-7-13-8-12(3-4-14(13)17-15(11)19)9-16(10-18)5-2-6-16/h3-4,7-8,18H,2,5-6,9-10H2,1H3,(H,17,19). The molecule has 3 rings (SSSR count). The molecular weight excluding hydrogens is 238 g/mol. The minimum Gasteiger partial charge on any atom is -0.396 e. The second-order valence-corrected chi connectivity index (χ2v) is 5.89. The average molecular weight is 257 g/mol. The van der Waals surface area contributed by atoms with E-state index < -0.39 is 0 Å². The van der Waals surface area contributed by atoms with Gasteiger partial charge in [0.15, 0.2) is 0 Å². The minimum atomic E-state index is -0.0222. The van der Waals surface area contributed by atoms with Crippen molar-refractivity contribution in [3.63, 3.8) is 0 Å². The number of aromatic nitrogens is 1. The lowest BCUT2D eigenvalue weighted by atomic mass is 9.66. The van der Waals surface area contributed by atoms with E-state index in [0.717, 1.165) is 35.7 Å². The Balaban J connectivity index is 1.97. The Hall–Kier alpha value is -1.61. The van der Waals surface area contributed by atoms with Crippen molar-refractivity contribution in [2.75, 3.05) is 6.61 Å². The van der Waals surface area contributed by atoms with Gasteiger partial charge in [0.2, 0.25) is 0 Å². The molecule has 0 aliphatic heterocycles. The van der Waals surface area contributed by atoms with E-state index in [1.165, 1.54) is 12.0 Å². The lowest BCUT2D eigenvalue weighted by molar-refractivity contribution is 0.0450. The third-order valence-corrected chi connectivity index (χ3v) is 4.42. The zero-order valence-electron chi connectivity index (χ0n) is 11.2. The van der Waals surface area contributed by atoms with E-state index in [9.17, 15) is 9.90 Å². The molecule has 0 unspecified atom stereocenters. The van der Waals surface area contributed by atoms with Crippen LogP contribution in [0, 0.1) is 12.3 Å². The van der Waals surface area contributed by atoms with E-state index >= 15 is 0 Å². The van der Waals surface area contributed by atoms with Gasteiger partial charge in [-0.2, -0.15) is 0 Å². The molecule has 2 N–H and O–H groups in total. The molecule has 100 valence electrons. The molecule has 0 atom stereocenters. The van der Waals surface area contributed by atoms with Gasteiger partial charge in [-0.15, -0.1) is 0 Å². The Morgan fingerprint density at radius 2 is 2.11 bits per heavy atom. The van der Waals surface area contributed by atoms with Crippen LogP contribution in [0.4, 0.5) is 0 Å². The van der Waals surface area contributed by atoms with E-state index in [4.69, 9.17) is 0 Å². The zero-order chi connectivity index (χ0) is 13.5. The van der Waals surface area contributed by atoms with Gasteiger partial charge in [-0.05, 0) is 60.7 Å². The van der Waals surface area contributed by atoms with Gasteiger partial charge in [0.1, 0.15) is 0 Å². The van der Waals surface area contributed by atoms with Gasteiger partial charge in [-0.25, -0.2) is 0 Å². The van der Waals surface area contributed by atoms with E-state index in [2.05, 4.69) is 17.1 Å². The van der Waals surface area contributed by atoms with Crippen LogP contribution < -0.4 is 5.56 Å². The molecule has 3 nitrogen and oxygen atoms in total. The number of rotatable bonds is 3. The van der Waals surface area contributed by atoms with Crippen molar-refractivity contribution in [2.24, 2.45) is 5.41 Å². The predicted octanol–water partition coefficient (Wildman–Crippen LogP) is 2.54. The summed E-state index contributed by atoms with van der Waals surface area (Å²) in [5.74, 6) is 0. The maximum absolute atomic E-state index is 11.6. The normalized spacial score (nSPS) is 17.4. The summed E-state index contributed by atoms with van der Waals surface area (Å²) < 4.78 is 0. The van der Waals surface area contributed by atoms with Gasteiger partial charge in [-0.1, -0.05) is 12.5 Å². The summed E-state index contributed by atoms with van der Waals surface area (Å²) in [6, 6.07) is 8.09. The molecule has 3 heteroatoms. The van der Waals surface area contributed by atoms with E-state index in [-0.39, 0.29) is 17.6 Å². The molecule has 0 spiro atoms. The molecule has 2 aromatic rings. The topological polar surface area (TPSA) is 53.1 Å². The van der Waals surface area contributed by atoms with Crippen molar-refractivity contribution in [2.45, 2.75) is 32.6 Å². The third kappa shape index (κ3) is 2.19. The molecule has 1 aliphatic carbocycles. The highest BCUT2D eigenvalue weighted by Gasteiger charge is 2.36. The average Bonchev–Trinajstić information content (AvgIpc) is 2.35. The van der Waals surface area contributed by atoms with Crippen LogP contribution in [0.5, 0.6) is 0 Å². The summed E-state index contributed by atoms with van der Waals surface area (Å²) in [5.41, 5.74) is 2.94. The Bertz CT molecular complexity index is 662. The first-order valence-electron chi connectivity index (χ1n) is 6.85. The van der Waals surface area contributed by atoms with Crippen molar-refractivity contribution in [3.8, 4) is 0 Å². The largest absolute Gasteiger partial charge is 0.396 e. The first-order valence-corrected chi connectivity index (χ1v) is 6.85. The molecular formula is C16H19NO2. The molecule has 0 radical (unpaired) electrons. The number of H-pyrrole nitrogens is 1. The van der Waals surface area contributed by atoms with Crippen LogP contribution in [0.2, 0.25) is 0 Å². The number of hydrogen-bond acceptors (Lipinski definition) is 2. The van der Waals surface area contributed by atoms with Gasteiger partial charge in [0, 0.05) is 17.7 Å². The number of aliphatic hydroxyl groups excluding tert-OH is 1. The molecule has 1 saturated carbocycles. The molecule has 0 bridgehead atoms. The SMILES string of the molecule is Cc1cc2cc(CC3(CO)CCC3)ccc2[nH]c1=O. The second kappa shape index (κ2) is 4.49. The van der Waals surface area contributed by atoms with Crippen molar-refractivity contribution in [3.05, 3.63) is 45.7 Å². The molecule has 1 aliphatic rings. The fourth-order valence-electron chi connectivity index (χ4n) is 2.98. The molecule has 1 aromatic carbocycles. The summed E-state index contributed by atoms with van der Waals surface area (Å²) >= 11 is 0. The second-order valence-electron chi connectivity index (χ2n) is 5.89. The number of benzene rings is 1. The van der Waals surface area contributed by atoms with Crippen LogP contribution >= 0.6 is 0 Å². The summed E-state index contributed by atoms with van der Waals surface area (Å²) in [7, 11) is 0. The maximum atomic E-state index is 11.6. The van der Waals surface area contributed by atoms with Gasteiger partial charge >= 0.3 is 0 Å². The summed E-state index contributed by atoms with van der Waals surface area (Å²) in [5, 5.41) is 10.6. The number of fused-ring (bicyclic) bond motifs is 1. The van der Waals surface area contributed by atoms with E-state index in [0.29, 0.717) is 0 Å². The minimum absolute atomic E-state index is 0.0222. The lowest BCUT2D eigenvalue weighted by Gasteiger charge is -2.40. The Morgan fingerprint density at radius 1 is 1.32 bits per heavy atom. The van der Waals surface area contributed by atoms with Gasteiger partial charge in [0.25, 0.3) is 5.56 Å². The maximum Gasteiger partial charge on any atom is 0.251 e. The number of pyridine rings is 1. The van der Waals surface area contributed by atoms with Crippen LogP contribution in [0.3, 0.4) is 0 Å². The molecule has 0 saturated heterocycles.